The molecule has 0 saturated carbocycles. The van der Waals surface area contributed by atoms with Gasteiger partial charge in [-0.25, -0.2) is 4.98 Å². The highest BCUT2D eigenvalue weighted by atomic mass is 79.9. The molecule has 0 unspecified atom stereocenters. The van der Waals surface area contributed by atoms with E-state index in [9.17, 15) is 14.7 Å². The van der Waals surface area contributed by atoms with Gasteiger partial charge in [-0.15, -0.1) is 0 Å². The SMILES string of the molecule is Cc1c(N2CC=CCC2)nc2ccc(Br)cc2c1C(=O)NC[C@H](CCC(=O)O)c1ccccc1Cl. The summed E-state index contributed by atoms with van der Waals surface area (Å²) in [6, 6.07) is 13.1. The van der Waals surface area contributed by atoms with Crippen molar-refractivity contribution >= 4 is 56.1 Å². The third-order valence-electron chi connectivity index (χ3n) is 6.31. The summed E-state index contributed by atoms with van der Waals surface area (Å²) < 4.78 is 0.865. The predicted molar refractivity (Wildman–Crippen MR) is 144 cm³/mol. The van der Waals surface area contributed by atoms with Crippen molar-refractivity contribution in [3.05, 3.63) is 80.8 Å². The topological polar surface area (TPSA) is 82.5 Å². The molecule has 0 saturated heterocycles. The molecule has 6 nitrogen and oxygen atoms in total. The van der Waals surface area contributed by atoms with Gasteiger partial charge >= 0.3 is 5.97 Å². The van der Waals surface area contributed by atoms with Crippen LogP contribution in [0.4, 0.5) is 5.82 Å². The van der Waals surface area contributed by atoms with Crippen LogP contribution in [-0.4, -0.2) is 41.6 Å². The van der Waals surface area contributed by atoms with Crippen LogP contribution in [-0.2, 0) is 4.79 Å². The number of pyridine rings is 1. The monoisotopic (exact) mass is 555 g/mol. The van der Waals surface area contributed by atoms with Crippen molar-refractivity contribution in [1.29, 1.82) is 0 Å². The van der Waals surface area contributed by atoms with E-state index in [2.05, 4.69) is 38.3 Å². The molecule has 2 N–H and O–H groups in total. The average Bonchev–Trinajstić information content (AvgIpc) is 2.84. The van der Waals surface area contributed by atoms with E-state index in [1.165, 1.54) is 0 Å². The van der Waals surface area contributed by atoms with Crippen molar-refractivity contribution in [3.8, 4) is 0 Å². The van der Waals surface area contributed by atoms with Crippen LogP contribution in [0, 0.1) is 6.92 Å². The minimum Gasteiger partial charge on any atom is -0.481 e. The number of nitrogens with zero attached hydrogens (tertiary/aromatic N) is 2. The summed E-state index contributed by atoms with van der Waals surface area (Å²) in [5.41, 5.74) is 2.98. The number of anilines is 1. The summed E-state index contributed by atoms with van der Waals surface area (Å²) in [6.45, 7) is 3.80. The van der Waals surface area contributed by atoms with Crippen LogP contribution in [0.15, 0.2) is 59.1 Å². The number of aliphatic carboxylic acids is 1. The molecule has 0 aliphatic carbocycles. The number of fused-ring (bicyclic) bond motifs is 1. The van der Waals surface area contributed by atoms with Gasteiger partial charge in [-0.2, -0.15) is 0 Å². The van der Waals surface area contributed by atoms with Crippen LogP contribution < -0.4 is 10.2 Å². The summed E-state index contributed by atoms with van der Waals surface area (Å²) >= 11 is 9.93. The van der Waals surface area contributed by atoms with E-state index < -0.39 is 5.97 Å². The van der Waals surface area contributed by atoms with Gasteiger partial charge in [-0.1, -0.05) is 57.9 Å². The number of hydrogen-bond acceptors (Lipinski definition) is 4. The first-order valence-corrected chi connectivity index (χ1v) is 12.8. The predicted octanol–water partition coefficient (Wildman–Crippen LogP) is 6.10. The van der Waals surface area contributed by atoms with Crippen LogP contribution >= 0.6 is 27.5 Å². The molecule has 0 radical (unpaired) electrons. The number of amides is 1. The Bertz CT molecular complexity index is 1290. The third kappa shape index (κ3) is 5.85. The zero-order valence-corrected chi connectivity index (χ0v) is 21.8. The van der Waals surface area contributed by atoms with Gasteiger partial charge in [0.1, 0.15) is 5.82 Å². The molecule has 2 heterocycles. The summed E-state index contributed by atoms with van der Waals surface area (Å²) in [7, 11) is 0. The minimum absolute atomic E-state index is 0.0114. The smallest absolute Gasteiger partial charge is 0.303 e. The number of carboxylic acids is 1. The molecular formula is C27H27BrClN3O3. The maximum Gasteiger partial charge on any atom is 0.303 e. The highest BCUT2D eigenvalue weighted by Crippen LogP contribution is 2.32. The fourth-order valence-electron chi connectivity index (χ4n) is 4.53. The van der Waals surface area contributed by atoms with Gasteiger partial charge in [0.05, 0.1) is 11.1 Å². The van der Waals surface area contributed by atoms with Crippen molar-refractivity contribution in [3.63, 3.8) is 0 Å². The Morgan fingerprint density at radius 3 is 2.74 bits per heavy atom. The standard InChI is InChI=1S/C27H27BrClN3O3/c1-17-25(21-15-19(28)10-11-23(21)31-26(17)32-13-5-2-6-14-32)27(35)30-16-18(9-12-24(33)34)20-7-3-4-8-22(20)29/h2-5,7-8,10-11,15,18H,6,9,12-14,16H2,1H3,(H,30,35)(H,33,34)/t18-/m0/s1. The first kappa shape index (κ1) is 25.2. The fraction of sp³-hybridized carbons (Fsp3) is 0.296. The normalized spacial score (nSPS) is 14.2. The van der Waals surface area contributed by atoms with Crippen LogP contribution in [0.5, 0.6) is 0 Å². The van der Waals surface area contributed by atoms with Crippen molar-refractivity contribution in [2.24, 2.45) is 0 Å². The fourth-order valence-corrected chi connectivity index (χ4v) is 5.18. The van der Waals surface area contributed by atoms with E-state index in [4.69, 9.17) is 16.6 Å². The number of carbonyl (C=O) groups excluding carboxylic acids is 1. The zero-order valence-electron chi connectivity index (χ0n) is 19.4. The lowest BCUT2D eigenvalue weighted by atomic mass is 9.93. The molecule has 0 spiro atoms. The van der Waals surface area contributed by atoms with E-state index >= 15 is 0 Å². The lowest BCUT2D eigenvalue weighted by Crippen LogP contribution is -2.32. The molecule has 3 aromatic rings. The lowest BCUT2D eigenvalue weighted by Gasteiger charge is -2.27. The van der Waals surface area contributed by atoms with E-state index in [0.717, 1.165) is 51.8 Å². The van der Waals surface area contributed by atoms with E-state index in [1.807, 2.05) is 43.3 Å². The van der Waals surface area contributed by atoms with Crippen molar-refractivity contribution in [2.45, 2.75) is 32.1 Å². The van der Waals surface area contributed by atoms with Gasteiger partial charge in [-0.05, 0) is 49.6 Å². The molecular weight excluding hydrogens is 530 g/mol. The largest absolute Gasteiger partial charge is 0.481 e. The van der Waals surface area contributed by atoms with Gasteiger partial charge in [0, 0.05) is 52.4 Å². The Balaban J connectivity index is 1.68. The second kappa shape index (κ2) is 11.2. The van der Waals surface area contributed by atoms with Gasteiger partial charge in [0.25, 0.3) is 5.91 Å². The number of aromatic nitrogens is 1. The second-order valence-electron chi connectivity index (χ2n) is 8.66. The van der Waals surface area contributed by atoms with Crippen LogP contribution in [0.25, 0.3) is 10.9 Å². The maximum absolute atomic E-state index is 13.6. The molecule has 4 rings (SSSR count). The first-order valence-electron chi connectivity index (χ1n) is 11.6. The summed E-state index contributed by atoms with van der Waals surface area (Å²) in [5.74, 6) is -0.512. The quantitative estimate of drug-likeness (QED) is 0.328. The van der Waals surface area contributed by atoms with Crippen molar-refractivity contribution in [1.82, 2.24) is 10.3 Å². The number of benzene rings is 2. The summed E-state index contributed by atoms with van der Waals surface area (Å²) in [4.78, 5) is 32.0. The van der Waals surface area contributed by atoms with E-state index in [0.29, 0.717) is 17.0 Å². The Kier molecular flexibility index (Phi) is 8.08. The number of halogens is 2. The Morgan fingerprint density at radius 2 is 2.03 bits per heavy atom. The molecule has 1 atom stereocenters. The Labute approximate surface area is 218 Å². The lowest BCUT2D eigenvalue weighted by molar-refractivity contribution is -0.137. The molecule has 1 aromatic heterocycles. The van der Waals surface area contributed by atoms with Gasteiger partial charge in [-0.3, -0.25) is 9.59 Å². The van der Waals surface area contributed by atoms with Crippen LogP contribution in [0.2, 0.25) is 5.02 Å². The number of carboxylic acid groups (broad SMARTS) is 1. The second-order valence-corrected chi connectivity index (χ2v) is 9.99. The van der Waals surface area contributed by atoms with Crippen LogP contribution in [0.1, 0.15) is 46.7 Å². The highest BCUT2D eigenvalue weighted by molar-refractivity contribution is 9.10. The third-order valence-corrected chi connectivity index (χ3v) is 7.15. The Morgan fingerprint density at radius 1 is 1.23 bits per heavy atom. The average molecular weight is 557 g/mol. The van der Waals surface area contributed by atoms with E-state index in [-0.39, 0.29) is 24.8 Å². The first-order chi connectivity index (χ1) is 16.8. The minimum atomic E-state index is -0.880. The van der Waals surface area contributed by atoms with E-state index in [1.54, 1.807) is 6.07 Å². The number of hydrogen-bond donors (Lipinski definition) is 2. The molecule has 2 aromatic carbocycles. The molecule has 1 aliphatic heterocycles. The molecule has 1 amide bonds. The molecule has 35 heavy (non-hydrogen) atoms. The molecule has 0 fully saturated rings. The highest BCUT2D eigenvalue weighted by Gasteiger charge is 2.23. The van der Waals surface area contributed by atoms with Gasteiger partial charge in [0.2, 0.25) is 0 Å². The number of nitrogens with one attached hydrogen (secondary N) is 1. The molecule has 0 bridgehead atoms. The molecule has 1 aliphatic rings. The Hall–Kier alpha value is -2.90. The number of carbonyl (C=O) groups is 2. The zero-order chi connectivity index (χ0) is 24.9. The molecule has 8 heteroatoms. The van der Waals surface area contributed by atoms with Crippen LogP contribution in [0.3, 0.4) is 0 Å². The van der Waals surface area contributed by atoms with Gasteiger partial charge in [0.15, 0.2) is 0 Å². The summed E-state index contributed by atoms with van der Waals surface area (Å²) in [6.07, 6.45) is 5.56. The maximum atomic E-state index is 13.6. The molecule has 182 valence electrons. The summed E-state index contributed by atoms with van der Waals surface area (Å²) in [5, 5.41) is 13.6. The van der Waals surface area contributed by atoms with Crippen molar-refractivity contribution in [2.75, 3.05) is 24.5 Å². The van der Waals surface area contributed by atoms with Crippen molar-refractivity contribution < 1.29 is 14.7 Å². The number of rotatable bonds is 8. The van der Waals surface area contributed by atoms with Gasteiger partial charge < -0.3 is 15.3 Å².